The lowest BCUT2D eigenvalue weighted by atomic mass is 10.1. The van der Waals surface area contributed by atoms with Gasteiger partial charge in [-0.3, -0.25) is 4.79 Å². The van der Waals surface area contributed by atoms with Crippen LogP contribution in [0.4, 0.5) is 4.39 Å². The minimum absolute atomic E-state index is 0.248. The third-order valence-corrected chi connectivity index (χ3v) is 2.09. The molecule has 0 saturated heterocycles. The van der Waals surface area contributed by atoms with E-state index in [4.69, 9.17) is 10.8 Å². The number of amides is 1. The quantitative estimate of drug-likeness (QED) is 0.680. The Hall–Kier alpha value is -1.46. The van der Waals surface area contributed by atoms with E-state index >= 15 is 0 Å². The smallest absolute Gasteiger partial charge is 0.248 e. The first-order valence-corrected chi connectivity index (χ1v) is 4.97. The minimum atomic E-state index is -0.586. The molecule has 4 nitrogen and oxygen atoms in total. The van der Waals surface area contributed by atoms with Gasteiger partial charge in [-0.05, 0) is 25.1 Å². The van der Waals surface area contributed by atoms with Gasteiger partial charge < -0.3 is 16.2 Å². The Labute approximate surface area is 93.3 Å². The van der Waals surface area contributed by atoms with Gasteiger partial charge in [0.2, 0.25) is 5.91 Å². The molecule has 0 aromatic heterocycles. The number of hydrogen-bond donors (Lipinski definition) is 3. The summed E-state index contributed by atoms with van der Waals surface area (Å²) in [6.45, 7) is 2.24. The van der Waals surface area contributed by atoms with Crippen molar-refractivity contribution in [3.05, 3.63) is 35.1 Å². The molecule has 0 saturated carbocycles. The van der Waals surface area contributed by atoms with Crippen molar-refractivity contribution in [1.82, 2.24) is 5.32 Å². The number of aliphatic hydroxyl groups excluding tert-OH is 1. The van der Waals surface area contributed by atoms with Crippen LogP contribution in [0.25, 0.3) is 0 Å². The summed E-state index contributed by atoms with van der Waals surface area (Å²) in [5, 5.41) is 11.9. The highest BCUT2D eigenvalue weighted by atomic mass is 19.1. The standard InChI is InChI=1S/C11H15FN2O2/c1-7(15)5-14-6-9-4-8(11(13)16)2-3-10(9)12/h2-4,7,14-15H,5-6H2,1H3,(H2,13,16). The van der Waals surface area contributed by atoms with E-state index < -0.39 is 17.8 Å². The second kappa shape index (κ2) is 5.58. The first-order valence-electron chi connectivity index (χ1n) is 4.97. The number of aliphatic hydroxyl groups is 1. The third-order valence-electron chi connectivity index (χ3n) is 2.09. The zero-order chi connectivity index (χ0) is 12.1. The van der Waals surface area contributed by atoms with E-state index in [1.54, 1.807) is 6.92 Å². The molecule has 1 amide bonds. The fourth-order valence-electron chi connectivity index (χ4n) is 1.28. The van der Waals surface area contributed by atoms with Crippen LogP contribution in [0.15, 0.2) is 18.2 Å². The summed E-state index contributed by atoms with van der Waals surface area (Å²) in [5.74, 6) is -0.986. The fourth-order valence-corrected chi connectivity index (χ4v) is 1.28. The van der Waals surface area contributed by atoms with Gasteiger partial charge in [0.1, 0.15) is 5.82 Å². The lowest BCUT2D eigenvalue weighted by Gasteiger charge is -2.08. The molecule has 0 spiro atoms. The summed E-state index contributed by atoms with van der Waals surface area (Å²) in [7, 11) is 0. The molecule has 5 heteroatoms. The molecule has 1 atom stereocenters. The SMILES string of the molecule is CC(O)CNCc1cc(C(N)=O)ccc1F. The van der Waals surface area contributed by atoms with Crippen LogP contribution in [0.1, 0.15) is 22.8 Å². The van der Waals surface area contributed by atoms with Crippen molar-refractivity contribution >= 4 is 5.91 Å². The van der Waals surface area contributed by atoms with Gasteiger partial charge in [-0.2, -0.15) is 0 Å². The lowest BCUT2D eigenvalue weighted by molar-refractivity contribution is 0.1000. The maximum absolute atomic E-state index is 13.3. The Kier molecular flexibility index (Phi) is 4.39. The molecule has 88 valence electrons. The molecule has 4 N–H and O–H groups in total. The molecule has 0 heterocycles. The Morgan fingerprint density at radius 3 is 2.88 bits per heavy atom. The maximum atomic E-state index is 13.3. The maximum Gasteiger partial charge on any atom is 0.248 e. The summed E-state index contributed by atoms with van der Waals surface area (Å²) in [6.07, 6.45) is -0.498. The Balaban J connectivity index is 2.70. The largest absolute Gasteiger partial charge is 0.392 e. The van der Waals surface area contributed by atoms with E-state index in [9.17, 15) is 9.18 Å². The second-order valence-electron chi connectivity index (χ2n) is 3.65. The van der Waals surface area contributed by atoms with Crippen LogP contribution >= 0.6 is 0 Å². The van der Waals surface area contributed by atoms with Crippen LogP contribution in [0.5, 0.6) is 0 Å². The van der Waals surface area contributed by atoms with Crippen molar-refractivity contribution in [1.29, 1.82) is 0 Å². The summed E-state index contributed by atoms with van der Waals surface area (Å²) in [4.78, 5) is 10.9. The van der Waals surface area contributed by atoms with Crippen molar-refractivity contribution in [2.75, 3.05) is 6.54 Å². The summed E-state index contributed by atoms with van der Waals surface area (Å²) >= 11 is 0. The Bertz CT molecular complexity index is 380. The van der Waals surface area contributed by atoms with Gasteiger partial charge >= 0.3 is 0 Å². The average Bonchev–Trinajstić information content (AvgIpc) is 2.20. The monoisotopic (exact) mass is 226 g/mol. The molecule has 1 unspecified atom stereocenters. The predicted octanol–water partition coefficient (Wildman–Crippen LogP) is 0.395. The van der Waals surface area contributed by atoms with Gasteiger partial charge in [-0.15, -0.1) is 0 Å². The van der Waals surface area contributed by atoms with Gasteiger partial charge in [0, 0.05) is 24.2 Å². The van der Waals surface area contributed by atoms with Crippen LogP contribution in [0.3, 0.4) is 0 Å². The van der Waals surface area contributed by atoms with Gasteiger partial charge in [-0.25, -0.2) is 4.39 Å². The first kappa shape index (κ1) is 12.6. The molecule has 0 aliphatic rings. The Morgan fingerprint density at radius 2 is 2.31 bits per heavy atom. The molecule has 1 rings (SSSR count). The molecular formula is C11H15FN2O2. The van der Waals surface area contributed by atoms with Crippen molar-refractivity contribution in [3.63, 3.8) is 0 Å². The predicted molar refractivity (Wildman–Crippen MR) is 58.3 cm³/mol. The van der Waals surface area contributed by atoms with Gasteiger partial charge in [0.05, 0.1) is 6.10 Å². The normalized spacial score (nSPS) is 12.4. The molecular weight excluding hydrogens is 211 g/mol. The number of carbonyl (C=O) groups excluding carboxylic acids is 1. The van der Waals surface area contributed by atoms with E-state index in [0.29, 0.717) is 12.1 Å². The van der Waals surface area contributed by atoms with E-state index in [1.807, 2.05) is 0 Å². The highest BCUT2D eigenvalue weighted by Crippen LogP contribution is 2.10. The number of nitrogens with one attached hydrogen (secondary N) is 1. The first-order chi connectivity index (χ1) is 7.50. The van der Waals surface area contributed by atoms with Gasteiger partial charge in [-0.1, -0.05) is 0 Å². The van der Waals surface area contributed by atoms with E-state index in [0.717, 1.165) is 0 Å². The number of halogens is 1. The van der Waals surface area contributed by atoms with Crippen LogP contribution in [0, 0.1) is 5.82 Å². The van der Waals surface area contributed by atoms with Crippen molar-refractivity contribution in [3.8, 4) is 0 Å². The number of benzene rings is 1. The zero-order valence-electron chi connectivity index (χ0n) is 9.03. The van der Waals surface area contributed by atoms with Crippen LogP contribution in [-0.4, -0.2) is 23.7 Å². The minimum Gasteiger partial charge on any atom is -0.392 e. The lowest BCUT2D eigenvalue weighted by Crippen LogP contribution is -2.24. The van der Waals surface area contributed by atoms with E-state index in [1.165, 1.54) is 18.2 Å². The van der Waals surface area contributed by atoms with E-state index in [2.05, 4.69) is 5.32 Å². The number of primary amides is 1. The van der Waals surface area contributed by atoms with Crippen molar-refractivity contribution in [2.45, 2.75) is 19.6 Å². The van der Waals surface area contributed by atoms with Crippen molar-refractivity contribution < 1.29 is 14.3 Å². The number of rotatable bonds is 5. The third kappa shape index (κ3) is 3.60. The molecule has 0 aliphatic carbocycles. The summed E-state index contributed by atoms with van der Waals surface area (Å²) < 4.78 is 13.3. The number of nitrogens with two attached hydrogens (primary N) is 1. The van der Waals surface area contributed by atoms with Crippen molar-refractivity contribution in [2.24, 2.45) is 5.73 Å². The molecule has 1 aromatic rings. The van der Waals surface area contributed by atoms with Crippen LogP contribution in [0.2, 0.25) is 0 Å². The second-order valence-corrected chi connectivity index (χ2v) is 3.65. The molecule has 0 fully saturated rings. The number of hydrogen-bond acceptors (Lipinski definition) is 3. The average molecular weight is 226 g/mol. The number of carbonyl (C=O) groups is 1. The van der Waals surface area contributed by atoms with Gasteiger partial charge in [0.25, 0.3) is 0 Å². The summed E-state index contributed by atoms with van der Waals surface area (Å²) in [6, 6.07) is 3.96. The topological polar surface area (TPSA) is 75.3 Å². The Morgan fingerprint density at radius 1 is 1.62 bits per heavy atom. The molecule has 0 radical (unpaired) electrons. The van der Waals surface area contributed by atoms with Crippen LogP contribution in [-0.2, 0) is 6.54 Å². The highest BCUT2D eigenvalue weighted by Gasteiger charge is 2.07. The van der Waals surface area contributed by atoms with Crippen LogP contribution < -0.4 is 11.1 Å². The molecule has 16 heavy (non-hydrogen) atoms. The highest BCUT2D eigenvalue weighted by molar-refractivity contribution is 5.92. The van der Waals surface area contributed by atoms with E-state index in [-0.39, 0.29) is 12.1 Å². The molecule has 1 aromatic carbocycles. The van der Waals surface area contributed by atoms with Gasteiger partial charge in [0.15, 0.2) is 0 Å². The molecule has 0 bridgehead atoms. The summed E-state index contributed by atoms with van der Waals surface area (Å²) in [5.41, 5.74) is 5.72. The fraction of sp³-hybridized carbons (Fsp3) is 0.364. The molecule has 0 aliphatic heterocycles. The zero-order valence-corrected chi connectivity index (χ0v) is 9.03.